The largest absolute Gasteiger partial charge is 0.385 e. The first-order valence-corrected chi connectivity index (χ1v) is 19.1. The van der Waals surface area contributed by atoms with Crippen molar-refractivity contribution >= 4 is 64.5 Å². The van der Waals surface area contributed by atoms with Gasteiger partial charge in [0.05, 0.1) is 40.8 Å². The summed E-state index contributed by atoms with van der Waals surface area (Å²) in [7, 11) is -11.2. The fraction of sp³-hybridized carbons (Fsp3) is 0.310. The summed E-state index contributed by atoms with van der Waals surface area (Å²) >= 11 is 0. The van der Waals surface area contributed by atoms with Crippen LogP contribution in [0.25, 0.3) is 0 Å². The van der Waals surface area contributed by atoms with E-state index in [1.807, 2.05) is 0 Å². The highest BCUT2D eigenvalue weighted by molar-refractivity contribution is 7.94. The van der Waals surface area contributed by atoms with Gasteiger partial charge >= 0.3 is 0 Å². The van der Waals surface area contributed by atoms with Crippen molar-refractivity contribution in [3.8, 4) is 6.07 Å². The molecule has 268 valence electrons. The van der Waals surface area contributed by atoms with Crippen LogP contribution in [0.1, 0.15) is 17.5 Å². The van der Waals surface area contributed by atoms with E-state index < -0.39 is 35.0 Å². The summed E-state index contributed by atoms with van der Waals surface area (Å²) in [5.74, 6) is 0.127. The first-order chi connectivity index (χ1) is 23.6. The van der Waals surface area contributed by atoms with Crippen LogP contribution < -0.4 is 10.6 Å². The molecule has 0 radical (unpaired) electrons. The Kier molecular flexibility index (Phi) is 14.2. The molecule has 0 amide bonds. The molecule has 0 spiro atoms. The fourth-order valence-corrected chi connectivity index (χ4v) is 5.63. The van der Waals surface area contributed by atoms with Gasteiger partial charge in [-0.05, 0) is 55.8 Å². The van der Waals surface area contributed by atoms with Crippen molar-refractivity contribution in [1.82, 2.24) is 4.98 Å². The van der Waals surface area contributed by atoms with E-state index in [0.29, 0.717) is 25.1 Å². The van der Waals surface area contributed by atoms with Gasteiger partial charge in [-0.15, -0.1) is 10.2 Å². The van der Waals surface area contributed by atoms with Crippen LogP contribution >= 0.6 is 0 Å². The second-order valence-electron chi connectivity index (χ2n) is 10.1. The van der Waals surface area contributed by atoms with Crippen LogP contribution in [-0.4, -0.2) is 85.1 Å². The first-order valence-electron chi connectivity index (χ1n) is 14.5. The van der Waals surface area contributed by atoms with Crippen LogP contribution in [0, 0.1) is 18.3 Å². The molecule has 2 aromatic carbocycles. The number of rotatable bonds is 19. The topological polar surface area (TPSA) is 272 Å². The van der Waals surface area contributed by atoms with Crippen LogP contribution in [0.5, 0.6) is 0 Å². The quantitative estimate of drug-likeness (QED) is 0.0712. The molecule has 0 aliphatic carbocycles. The van der Waals surface area contributed by atoms with Crippen molar-refractivity contribution in [3.63, 3.8) is 0 Å². The summed E-state index contributed by atoms with van der Waals surface area (Å²) in [6.07, 6.45) is 0.613. The lowest BCUT2D eigenvalue weighted by atomic mass is 10.1. The molecule has 0 bridgehead atoms. The number of ether oxygens (including phenoxy) is 2. The van der Waals surface area contributed by atoms with E-state index in [1.165, 1.54) is 24.3 Å². The van der Waals surface area contributed by atoms with E-state index in [2.05, 4.69) is 48.7 Å². The Labute approximate surface area is 289 Å². The molecule has 0 aliphatic rings. The lowest BCUT2D eigenvalue weighted by Gasteiger charge is -2.16. The number of azo groups is 2. The van der Waals surface area contributed by atoms with Crippen molar-refractivity contribution in [1.29, 1.82) is 5.26 Å². The molecule has 3 rings (SSSR count). The van der Waals surface area contributed by atoms with E-state index >= 15 is 0 Å². The summed E-state index contributed by atoms with van der Waals surface area (Å²) in [5, 5.41) is 32.9. The summed E-state index contributed by atoms with van der Waals surface area (Å²) in [4.78, 5) is 3.47. The minimum absolute atomic E-state index is 0.0211. The summed E-state index contributed by atoms with van der Waals surface area (Å²) in [6.45, 7) is 5.84. The second kappa shape index (κ2) is 17.8. The maximum atomic E-state index is 12.3. The molecule has 1 aromatic heterocycles. The number of sulfone groups is 1. The number of hydrogen-bond donors (Lipinski definition) is 4. The molecule has 0 saturated carbocycles. The zero-order valence-electron chi connectivity index (χ0n) is 26.8. The van der Waals surface area contributed by atoms with Gasteiger partial charge in [-0.1, -0.05) is 6.58 Å². The molecule has 0 aliphatic heterocycles. The molecule has 0 saturated heterocycles. The predicted octanol–water partition coefficient (Wildman–Crippen LogP) is 5.02. The fourth-order valence-electron chi connectivity index (χ4n) is 3.99. The molecule has 50 heavy (non-hydrogen) atoms. The normalized spacial score (nSPS) is 12.3. The van der Waals surface area contributed by atoms with Crippen molar-refractivity contribution in [2.45, 2.75) is 23.1 Å². The number of nitriles is 1. The number of methoxy groups -OCH3 is 1. The number of aromatic nitrogens is 1. The van der Waals surface area contributed by atoms with Gasteiger partial charge in [-0.2, -0.15) is 32.3 Å². The molecule has 0 fully saturated rings. The molecular weight excluding hydrogens is 717 g/mol. The summed E-state index contributed by atoms with van der Waals surface area (Å²) < 4.78 is 99.9. The van der Waals surface area contributed by atoms with E-state index in [4.69, 9.17) is 14.0 Å². The van der Waals surface area contributed by atoms with Crippen LogP contribution in [0.4, 0.5) is 34.4 Å². The van der Waals surface area contributed by atoms with Gasteiger partial charge in [-0.3, -0.25) is 9.11 Å². The van der Waals surface area contributed by atoms with E-state index in [1.54, 1.807) is 14.0 Å². The van der Waals surface area contributed by atoms with Crippen molar-refractivity contribution in [2.75, 3.05) is 56.4 Å². The maximum absolute atomic E-state index is 12.3. The standard InChI is InChI=1S/C29H34N8O10S3/c1-4-48(38,39)17-16-47-15-13-32-29-27(20(2)24(19-30)28(33-29)31-12-5-14-46-3)37-36-25-11-8-22(18-26(25)50(43,44)45)35-34-21-6-9-23(10-7-21)49(40,41)42/h4,6-11,18H,1,5,12-17H2,2-3H3,(H2,31,32,33)(H,40,41,42)(H,43,44,45). The number of nitrogens with one attached hydrogen (secondary N) is 2. The van der Waals surface area contributed by atoms with Gasteiger partial charge in [0.2, 0.25) is 0 Å². The SMILES string of the molecule is C=CS(=O)(=O)CCOCCNc1nc(NCCCOC)c(C#N)c(C)c1N=Nc1ccc(N=Nc2ccc(S(=O)(=O)O)cc2)cc1S(=O)(=O)O. The zero-order valence-corrected chi connectivity index (χ0v) is 29.3. The number of hydrogen-bond acceptors (Lipinski definition) is 16. The summed E-state index contributed by atoms with van der Waals surface area (Å²) in [5.41, 5.74) is 0.405. The van der Waals surface area contributed by atoms with Crippen LogP contribution in [-0.2, 0) is 39.5 Å². The Morgan fingerprint density at radius 1 is 0.880 bits per heavy atom. The maximum Gasteiger partial charge on any atom is 0.296 e. The van der Waals surface area contributed by atoms with E-state index in [9.17, 15) is 35.1 Å². The average Bonchev–Trinajstić information content (AvgIpc) is 3.06. The third-order valence-electron chi connectivity index (χ3n) is 6.54. The predicted molar refractivity (Wildman–Crippen MR) is 183 cm³/mol. The molecule has 18 nitrogen and oxygen atoms in total. The molecule has 4 N–H and O–H groups in total. The molecule has 1 heterocycles. The lowest BCUT2D eigenvalue weighted by molar-refractivity contribution is 0.159. The molecule has 21 heteroatoms. The molecule has 3 aromatic rings. The Hall–Kier alpha value is -4.69. The van der Waals surface area contributed by atoms with Gasteiger partial charge in [-0.25, -0.2) is 13.4 Å². The van der Waals surface area contributed by atoms with Crippen molar-refractivity contribution in [3.05, 3.63) is 65.6 Å². The van der Waals surface area contributed by atoms with Gasteiger partial charge in [0.1, 0.15) is 28.2 Å². The highest BCUT2D eigenvalue weighted by atomic mass is 32.2. The number of nitrogens with zero attached hydrogens (tertiary/aromatic N) is 6. The molecular formula is C29H34N8O10S3. The highest BCUT2D eigenvalue weighted by Crippen LogP contribution is 2.36. The number of anilines is 2. The summed E-state index contributed by atoms with van der Waals surface area (Å²) in [6, 6.07) is 10.3. The number of pyridine rings is 1. The van der Waals surface area contributed by atoms with Crippen molar-refractivity contribution < 1.29 is 43.8 Å². The van der Waals surface area contributed by atoms with E-state index in [0.717, 1.165) is 23.6 Å². The third-order valence-corrected chi connectivity index (χ3v) is 9.54. The van der Waals surface area contributed by atoms with Gasteiger partial charge in [0.15, 0.2) is 15.7 Å². The van der Waals surface area contributed by atoms with Crippen molar-refractivity contribution in [2.24, 2.45) is 20.5 Å². The van der Waals surface area contributed by atoms with Crippen LogP contribution in [0.3, 0.4) is 0 Å². The number of benzene rings is 2. The van der Waals surface area contributed by atoms with E-state index in [-0.39, 0.29) is 70.4 Å². The van der Waals surface area contributed by atoms with Gasteiger partial charge in [0.25, 0.3) is 20.2 Å². The molecule has 0 unspecified atom stereocenters. The Morgan fingerprint density at radius 2 is 1.54 bits per heavy atom. The third kappa shape index (κ3) is 11.7. The Morgan fingerprint density at radius 3 is 2.16 bits per heavy atom. The first kappa shape index (κ1) is 39.7. The average molecular weight is 751 g/mol. The zero-order chi connectivity index (χ0) is 37.0. The Bertz CT molecular complexity index is 2120. The van der Waals surface area contributed by atoms with Crippen LogP contribution in [0.2, 0.25) is 0 Å². The minimum atomic E-state index is -4.87. The molecule has 0 atom stereocenters. The minimum Gasteiger partial charge on any atom is -0.385 e. The van der Waals surface area contributed by atoms with Crippen LogP contribution in [0.15, 0.2) is 84.7 Å². The van der Waals surface area contributed by atoms with Gasteiger partial charge in [0, 0.05) is 37.8 Å². The Balaban J connectivity index is 1.95. The smallest absolute Gasteiger partial charge is 0.296 e. The highest BCUT2D eigenvalue weighted by Gasteiger charge is 2.20. The van der Waals surface area contributed by atoms with Gasteiger partial charge < -0.3 is 20.1 Å². The monoisotopic (exact) mass is 750 g/mol. The second-order valence-corrected chi connectivity index (χ2v) is 15.0. The lowest BCUT2D eigenvalue weighted by Crippen LogP contribution is -2.16.